The monoisotopic (exact) mass is 473 g/mol. The lowest BCUT2D eigenvalue weighted by Crippen LogP contribution is -2.23. The topological polar surface area (TPSA) is 78.7 Å². The molecule has 5 rings (SSSR count). The van der Waals surface area contributed by atoms with E-state index in [2.05, 4.69) is 16.8 Å². The van der Waals surface area contributed by atoms with Crippen molar-refractivity contribution in [2.75, 3.05) is 0 Å². The lowest BCUT2D eigenvalue weighted by Gasteiger charge is -2.14. The molecular weight excluding hydrogens is 453 g/mol. The van der Waals surface area contributed by atoms with Crippen LogP contribution in [0.5, 0.6) is 0 Å². The molecule has 0 aliphatic rings. The number of hydrogen-bond donors (Lipinski definition) is 0. The third-order valence-electron chi connectivity index (χ3n) is 5.39. The van der Waals surface area contributed by atoms with Crippen LogP contribution in [0.2, 0.25) is 0 Å². The molecule has 0 bridgehead atoms. The molecule has 0 spiro atoms. The Labute approximate surface area is 198 Å². The maximum absolute atomic E-state index is 13.6. The number of fused-ring (bicyclic) bond motifs is 1. The van der Waals surface area contributed by atoms with Gasteiger partial charge < -0.3 is 4.42 Å². The number of aryl methyl sites for hydroxylation is 1. The Bertz CT molecular complexity index is 1550. The summed E-state index contributed by atoms with van der Waals surface area (Å²) in [4.78, 5) is 18.1. The van der Waals surface area contributed by atoms with Gasteiger partial charge in [0.15, 0.2) is 11.0 Å². The molecule has 0 saturated heterocycles. The second-order valence-electron chi connectivity index (χ2n) is 7.55. The van der Waals surface area contributed by atoms with Gasteiger partial charge in [0, 0.05) is 6.54 Å². The van der Waals surface area contributed by atoms with Gasteiger partial charge in [0.25, 0.3) is 5.56 Å². The number of allylic oxidation sites excluding steroid dienone is 1. The summed E-state index contributed by atoms with van der Waals surface area (Å²) < 4.78 is 22.4. The van der Waals surface area contributed by atoms with Crippen molar-refractivity contribution >= 4 is 22.7 Å². The predicted molar refractivity (Wildman–Crippen MR) is 130 cm³/mol. The molecule has 0 fully saturated rings. The van der Waals surface area contributed by atoms with E-state index in [0.717, 1.165) is 11.3 Å². The fourth-order valence-corrected chi connectivity index (χ4v) is 4.63. The average Bonchev–Trinajstić information content (AvgIpc) is 3.44. The second-order valence-corrected chi connectivity index (χ2v) is 8.49. The van der Waals surface area contributed by atoms with Gasteiger partial charge in [-0.1, -0.05) is 30.0 Å². The van der Waals surface area contributed by atoms with Gasteiger partial charge >= 0.3 is 0 Å². The first-order valence-corrected chi connectivity index (χ1v) is 11.5. The second kappa shape index (κ2) is 9.11. The van der Waals surface area contributed by atoms with Crippen LogP contribution in [0.15, 0.2) is 87.9 Å². The van der Waals surface area contributed by atoms with Gasteiger partial charge in [-0.05, 0) is 49.4 Å². The minimum atomic E-state index is -0.374. The van der Waals surface area contributed by atoms with E-state index in [1.54, 1.807) is 42.7 Å². The number of hydrogen-bond acceptors (Lipinski definition) is 6. The largest absolute Gasteiger partial charge is 0.469 e. The standard InChI is InChI=1S/C25H20FN5O2S/c1-3-13-30-23(19-12-14-33-16(19)2)28-29-25(30)34-15-22-27-21-7-5-4-6-20(21)24(32)31(22)18-10-8-17(26)9-11-18/h3-12,14H,1,13,15H2,2H3. The van der Waals surface area contributed by atoms with Gasteiger partial charge in [0.2, 0.25) is 0 Å². The zero-order valence-corrected chi connectivity index (χ0v) is 19.1. The Morgan fingerprint density at radius 3 is 2.65 bits per heavy atom. The van der Waals surface area contributed by atoms with E-state index >= 15 is 0 Å². The van der Waals surface area contributed by atoms with Crippen LogP contribution in [0.3, 0.4) is 0 Å². The van der Waals surface area contributed by atoms with E-state index in [1.807, 2.05) is 23.6 Å². The molecule has 0 atom stereocenters. The Morgan fingerprint density at radius 1 is 1.12 bits per heavy atom. The number of aromatic nitrogens is 5. The van der Waals surface area contributed by atoms with E-state index in [-0.39, 0.29) is 11.4 Å². The number of halogens is 1. The minimum absolute atomic E-state index is 0.213. The van der Waals surface area contributed by atoms with Crippen molar-refractivity contribution in [2.45, 2.75) is 24.4 Å². The van der Waals surface area contributed by atoms with Gasteiger partial charge in [-0.15, -0.1) is 16.8 Å². The van der Waals surface area contributed by atoms with Crippen molar-refractivity contribution in [3.05, 3.63) is 101 Å². The van der Waals surface area contributed by atoms with Crippen LogP contribution in [0.4, 0.5) is 4.39 Å². The third-order valence-corrected chi connectivity index (χ3v) is 6.35. The average molecular weight is 474 g/mol. The predicted octanol–water partition coefficient (Wildman–Crippen LogP) is 5.16. The van der Waals surface area contributed by atoms with Crippen molar-refractivity contribution in [2.24, 2.45) is 0 Å². The zero-order valence-electron chi connectivity index (χ0n) is 18.3. The van der Waals surface area contributed by atoms with Gasteiger partial charge in [-0.25, -0.2) is 9.37 Å². The summed E-state index contributed by atoms with van der Waals surface area (Å²) >= 11 is 1.41. The quantitative estimate of drug-likeness (QED) is 0.240. The third kappa shape index (κ3) is 3.94. The molecular formula is C25H20FN5O2S. The zero-order chi connectivity index (χ0) is 23.7. The Morgan fingerprint density at radius 2 is 1.91 bits per heavy atom. The number of thioether (sulfide) groups is 1. The van der Waals surface area contributed by atoms with Crippen LogP contribution in [0.25, 0.3) is 28.0 Å². The first kappa shape index (κ1) is 21.8. The van der Waals surface area contributed by atoms with Crippen molar-refractivity contribution in [3.8, 4) is 17.1 Å². The van der Waals surface area contributed by atoms with Crippen LogP contribution < -0.4 is 5.56 Å². The molecule has 0 amide bonds. The van der Waals surface area contributed by atoms with E-state index in [0.29, 0.717) is 45.7 Å². The SMILES string of the molecule is C=CCn1c(SCc2nc3ccccc3c(=O)n2-c2ccc(F)cc2)nnc1-c1ccoc1C. The first-order chi connectivity index (χ1) is 16.6. The van der Waals surface area contributed by atoms with Crippen LogP contribution in [0, 0.1) is 12.7 Å². The number of benzene rings is 2. The molecule has 0 N–H and O–H groups in total. The number of furan rings is 1. The lowest BCUT2D eigenvalue weighted by atomic mass is 10.2. The van der Waals surface area contributed by atoms with Crippen molar-refractivity contribution in [1.29, 1.82) is 0 Å². The van der Waals surface area contributed by atoms with Crippen LogP contribution in [0.1, 0.15) is 11.6 Å². The molecule has 0 saturated carbocycles. The minimum Gasteiger partial charge on any atom is -0.469 e. The number of rotatable bonds is 7. The normalized spacial score (nSPS) is 11.2. The summed E-state index contributed by atoms with van der Waals surface area (Å²) in [6, 6.07) is 14.8. The summed E-state index contributed by atoms with van der Waals surface area (Å²) in [6.45, 7) is 6.22. The van der Waals surface area contributed by atoms with Gasteiger partial charge in [-0.2, -0.15) is 0 Å². The van der Waals surface area contributed by atoms with Crippen molar-refractivity contribution in [3.63, 3.8) is 0 Å². The highest BCUT2D eigenvalue weighted by molar-refractivity contribution is 7.98. The van der Waals surface area contributed by atoms with Crippen LogP contribution in [-0.2, 0) is 12.3 Å². The molecule has 0 radical (unpaired) electrons. The molecule has 34 heavy (non-hydrogen) atoms. The maximum atomic E-state index is 13.6. The van der Waals surface area contributed by atoms with E-state index in [1.165, 1.54) is 28.5 Å². The molecule has 7 nitrogen and oxygen atoms in total. The summed E-state index contributed by atoms with van der Waals surface area (Å²) in [7, 11) is 0. The Kier molecular flexibility index (Phi) is 5.85. The Balaban J connectivity index is 1.57. The lowest BCUT2D eigenvalue weighted by molar-refractivity contribution is 0.534. The molecule has 9 heteroatoms. The van der Waals surface area contributed by atoms with E-state index < -0.39 is 0 Å². The molecule has 2 aromatic carbocycles. The summed E-state index contributed by atoms with van der Waals surface area (Å²) in [6.07, 6.45) is 3.39. The summed E-state index contributed by atoms with van der Waals surface area (Å²) in [5, 5.41) is 9.88. The molecule has 170 valence electrons. The highest BCUT2D eigenvalue weighted by Gasteiger charge is 2.19. The van der Waals surface area contributed by atoms with Gasteiger partial charge in [0.1, 0.15) is 17.4 Å². The fraction of sp³-hybridized carbons (Fsp3) is 0.120. The fourth-order valence-electron chi connectivity index (χ4n) is 3.77. The highest BCUT2D eigenvalue weighted by Crippen LogP contribution is 2.29. The smallest absolute Gasteiger partial charge is 0.265 e. The van der Waals surface area contributed by atoms with E-state index in [9.17, 15) is 9.18 Å². The van der Waals surface area contributed by atoms with E-state index in [4.69, 9.17) is 9.40 Å². The number of nitrogens with zero attached hydrogens (tertiary/aromatic N) is 5. The van der Waals surface area contributed by atoms with Gasteiger partial charge in [0.05, 0.1) is 34.2 Å². The Hall–Kier alpha value is -3.98. The molecule has 0 aliphatic carbocycles. The molecule has 0 aliphatic heterocycles. The molecule has 5 aromatic rings. The van der Waals surface area contributed by atoms with Crippen LogP contribution >= 0.6 is 11.8 Å². The summed E-state index contributed by atoms with van der Waals surface area (Å²) in [5.74, 6) is 1.92. The summed E-state index contributed by atoms with van der Waals surface area (Å²) in [5.41, 5.74) is 1.79. The maximum Gasteiger partial charge on any atom is 0.265 e. The molecule has 3 aromatic heterocycles. The highest BCUT2D eigenvalue weighted by atomic mass is 32.2. The molecule has 3 heterocycles. The molecule has 0 unspecified atom stereocenters. The van der Waals surface area contributed by atoms with Crippen LogP contribution in [-0.4, -0.2) is 24.3 Å². The van der Waals surface area contributed by atoms with Gasteiger partial charge in [-0.3, -0.25) is 13.9 Å². The van der Waals surface area contributed by atoms with Crippen molar-refractivity contribution in [1.82, 2.24) is 24.3 Å². The first-order valence-electron chi connectivity index (χ1n) is 10.5. The number of para-hydroxylation sites is 1. The van der Waals surface area contributed by atoms with Crippen molar-refractivity contribution < 1.29 is 8.81 Å².